The SMILES string of the molecule is COc1ccc(OC)c(Nc2cnnc(NCc3ccccn3)n2)c1. The molecule has 0 unspecified atom stereocenters. The van der Waals surface area contributed by atoms with Crippen LogP contribution in [0.2, 0.25) is 0 Å². The smallest absolute Gasteiger partial charge is 0.245 e. The zero-order chi connectivity index (χ0) is 17.5. The summed E-state index contributed by atoms with van der Waals surface area (Å²) >= 11 is 0. The summed E-state index contributed by atoms with van der Waals surface area (Å²) in [5, 5.41) is 14.2. The molecular weight excluding hydrogens is 320 g/mol. The molecule has 2 N–H and O–H groups in total. The average Bonchev–Trinajstić information content (AvgIpc) is 2.67. The van der Waals surface area contributed by atoms with Crippen LogP contribution in [0.15, 0.2) is 48.8 Å². The summed E-state index contributed by atoms with van der Waals surface area (Å²) in [5.74, 6) is 2.31. The second-order valence-electron chi connectivity index (χ2n) is 5.03. The van der Waals surface area contributed by atoms with Crippen LogP contribution in [-0.2, 0) is 6.54 Å². The normalized spacial score (nSPS) is 10.2. The fourth-order valence-electron chi connectivity index (χ4n) is 2.16. The van der Waals surface area contributed by atoms with E-state index in [-0.39, 0.29) is 0 Å². The summed E-state index contributed by atoms with van der Waals surface area (Å²) < 4.78 is 10.6. The molecule has 128 valence electrons. The van der Waals surface area contributed by atoms with Crippen molar-refractivity contribution in [1.82, 2.24) is 20.2 Å². The minimum Gasteiger partial charge on any atom is -0.497 e. The molecule has 0 bridgehead atoms. The molecule has 0 radical (unpaired) electrons. The number of rotatable bonds is 7. The molecule has 0 aliphatic rings. The molecule has 8 heteroatoms. The Labute approximate surface area is 145 Å². The second-order valence-corrected chi connectivity index (χ2v) is 5.03. The largest absolute Gasteiger partial charge is 0.497 e. The fourth-order valence-corrected chi connectivity index (χ4v) is 2.16. The number of anilines is 3. The van der Waals surface area contributed by atoms with Gasteiger partial charge in [0.15, 0.2) is 5.82 Å². The van der Waals surface area contributed by atoms with Gasteiger partial charge in [0.1, 0.15) is 11.5 Å². The van der Waals surface area contributed by atoms with Gasteiger partial charge in [-0.3, -0.25) is 4.98 Å². The second kappa shape index (κ2) is 7.91. The molecule has 0 fully saturated rings. The Balaban J connectivity index is 1.73. The van der Waals surface area contributed by atoms with Crippen molar-refractivity contribution in [3.63, 3.8) is 0 Å². The van der Waals surface area contributed by atoms with Crippen LogP contribution in [0.3, 0.4) is 0 Å². The van der Waals surface area contributed by atoms with E-state index >= 15 is 0 Å². The molecule has 2 heterocycles. The maximum Gasteiger partial charge on any atom is 0.245 e. The van der Waals surface area contributed by atoms with Crippen molar-refractivity contribution in [2.45, 2.75) is 6.54 Å². The third kappa shape index (κ3) is 4.31. The van der Waals surface area contributed by atoms with Crippen LogP contribution in [0.1, 0.15) is 5.69 Å². The summed E-state index contributed by atoms with van der Waals surface area (Å²) in [7, 11) is 3.21. The number of nitrogens with one attached hydrogen (secondary N) is 2. The van der Waals surface area contributed by atoms with E-state index in [1.54, 1.807) is 20.4 Å². The van der Waals surface area contributed by atoms with Gasteiger partial charge < -0.3 is 20.1 Å². The predicted molar refractivity (Wildman–Crippen MR) is 94.2 cm³/mol. The van der Waals surface area contributed by atoms with Crippen LogP contribution < -0.4 is 20.1 Å². The van der Waals surface area contributed by atoms with E-state index in [4.69, 9.17) is 9.47 Å². The summed E-state index contributed by atoms with van der Waals surface area (Å²) in [6.07, 6.45) is 3.27. The molecule has 1 aromatic carbocycles. The Morgan fingerprint density at radius 2 is 2.00 bits per heavy atom. The highest BCUT2D eigenvalue weighted by Gasteiger charge is 2.08. The number of pyridine rings is 1. The minimum absolute atomic E-state index is 0.400. The highest BCUT2D eigenvalue weighted by atomic mass is 16.5. The molecule has 8 nitrogen and oxygen atoms in total. The number of methoxy groups -OCH3 is 2. The van der Waals surface area contributed by atoms with Gasteiger partial charge in [-0.15, -0.1) is 5.10 Å². The standard InChI is InChI=1S/C17H18N6O2/c1-24-13-6-7-15(25-2)14(9-13)21-16-11-20-23-17(22-16)19-10-12-5-3-4-8-18-12/h3-9,11H,10H2,1-2H3,(H2,19,21,22,23). The summed E-state index contributed by atoms with van der Waals surface area (Å²) in [5.41, 5.74) is 1.61. The van der Waals surface area contributed by atoms with Gasteiger partial charge in [-0.2, -0.15) is 10.1 Å². The van der Waals surface area contributed by atoms with E-state index in [9.17, 15) is 0 Å². The van der Waals surface area contributed by atoms with Gasteiger partial charge in [0.05, 0.1) is 38.3 Å². The Morgan fingerprint density at radius 3 is 2.76 bits per heavy atom. The van der Waals surface area contributed by atoms with Gasteiger partial charge in [0.25, 0.3) is 0 Å². The fraction of sp³-hybridized carbons (Fsp3) is 0.176. The maximum absolute atomic E-state index is 5.35. The van der Waals surface area contributed by atoms with Gasteiger partial charge in [-0.1, -0.05) is 6.07 Å². The lowest BCUT2D eigenvalue weighted by atomic mass is 10.2. The Kier molecular flexibility index (Phi) is 5.20. The lowest BCUT2D eigenvalue weighted by Gasteiger charge is -2.12. The van der Waals surface area contributed by atoms with Crippen LogP contribution >= 0.6 is 0 Å². The van der Waals surface area contributed by atoms with Crippen molar-refractivity contribution in [3.05, 3.63) is 54.5 Å². The first kappa shape index (κ1) is 16.4. The summed E-state index contributed by atoms with van der Waals surface area (Å²) in [4.78, 5) is 8.64. The Hall–Kier alpha value is -3.42. The van der Waals surface area contributed by atoms with E-state index in [0.717, 1.165) is 11.4 Å². The zero-order valence-corrected chi connectivity index (χ0v) is 13.9. The number of hydrogen-bond donors (Lipinski definition) is 2. The lowest BCUT2D eigenvalue weighted by molar-refractivity contribution is 0.405. The van der Waals surface area contributed by atoms with E-state index in [2.05, 4.69) is 30.8 Å². The van der Waals surface area contributed by atoms with Crippen molar-refractivity contribution < 1.29 is 9.47 Å². The molecule has 25 heavy (non-hydrogen) atoms. The van der Waals surface area contributed by atoms with Crippen LogP contribution in [-0.4, -0.2) is 34.4 Å². The molecule has 0 aliphatic carbocycles. The Bertz CT molecular complexity index is 828. The van der Waals surface area contributed by atoms with Gasteiger partial charge in [-0.25, -0.2) is 0 Å². The van der Waals surface area contributed by atoms with Crippen LogP contribution in [0.4, 0.5) is 17.5 Å². The summed E-state index contributed by atoms with van der Waals surface area (Å²) in [6, 6.07) is 11.2. The molecular formula is C17H18N6O2. The molecule has 2 aromatic heterocycles. The maximum atomic E-state index is 5.35. The van der Waals surface area contributed by atoms with Crippen molar-refractivity contribution in [2.75, 3.05) is 24.9 Å². The van der Waals surface area contributed by atoms with E-state index in [0.29, 0.717) is 29.8 Å². The van der Waals surface area contributed by atoms with Crippen LogP contribution in [0.25, 0.3) is 0 Å². The highest BCUT2D eigenvalue weighted by molar-refractivity contribution is 5.66. The van der Waals surface area contributed by atoms with Gasteiger partial charge in [0.2, 0.25) is 5.95 Å². The number of ether oxygens (including phenoxy) is 2. The average molecular weight is 338 g/mol. The molecule has 0 spiro atoms. The van der Waals surface area contributed by atoms with Gasteiger partial charge in [0, 0.05) is 12.3 Å². The molecule has 0 saturated heterocycles. The topological polar surface area (TPSA) is 94.1 Å². The first-order valence-corrected chi connectivity index (χ1v) is 7.61. The number of aromatic nitrogens is 4. The predicted octanol–water partition coefficient (Wildman–Crippen LogP) is 2.64. The van der Waals surface area contributed by atoms with Crippen molar-refractivity contribution in [1.29, 1.82) is 0 Å². The van der Waals surface area contributed by atoms with Crippen LogP contribution in [0.5, 0.6) is 11.5 Å². The molecule has 3 rings (SSSR count). The lowest BCUT2D eigenvalue weighted by Crippen LogP contribution is -2.07. The minimum atomic E-state index is 0.400. The van der Waals surface area contributed by atoms with Crippen LogP contribution in [0, 0.1) is 0 Å². The first-order chi connectivity index (χ1) is 12.3. The molecule has 0 atom stereocenters. The number of benzene rings is 1. The van der Waals surface area contributed by atoms with Crippen molar-refractivity contribution in [2.24, 2.45) is 0 Å². The van der Waals surface area contributed by atoms with Gasteiger partial charge >= 0.3 is 0 Å². The number of nitrogens with zero attached hydrogens (tertiary/aromatic N) is 4. The van der Waals surface area contributed by atoms with Crippen molar-refractivity contribution >= 4 is 17.5 Å². The Morgan fingerprint density at radius 1 is 1.08 bits per heavy atom. The molecule has 0 amide bonds. The van der Waals surface area contributed by atoms with E-state index in [1.165, 1.54) is 6.20 Å². The quantitative estimate of drug-likeness (QED) is 0.679. The first-order valence-electron chi connectivity index (χ1n) is 7.61. The molecule has 3 aromatic rings. The monoisotopic (exact) mass is 338 g/mol. The van der Waals surface area contributed by atoms with E-state index in [1.807, 2.05) is 36.4 Å². The number of hydrogen-bond acceptors (Lipinski definition) is 8. The van der Waals surface area contributed by atoms with Gasteiger partial charge in [-0.05, 0) is 24.3 Å². The third-order valence-electron chi connectivity index (χ3n) is 3.38. The van der Waals surface area contributed by atoms with Crippen molar-refractivity contribution in [3.8, 4) is 11.5 Å². The highest BCUT2D eigenvalue weighted by Crippen LogP contribution is 2.30. The zero-order valence-electron chi connectivity index (χ0n) is 13.9. The molecule has 0 aliphatic heterocycles. The van der Waals surface area contributed by atoms with E-state index < -0.39 is 0 Å². The third-order valence-corrected chi connectivity index (χ3v) is 3.38. The summed E-state index contributed by atoms with van der Waals surface area (Å²) in [6.45, 7) is 0.508. The molecule has 0 saturated carbocycles.